The normalized spacial score (nSPS) is 11.4. The molecule has 0 aliphatic carbocycles. The zero-order valence-electron chi connectivity index (χ0n) is 21.0. The molecule has 0 fully saturated rings. The van der Waals surface area contributed by atoms with Gasteiger partial charge in [0.1, 0.15) is 11.4 Å². The monoisotopic (exact) mass is 595 g/mol. The van der Waals surface area contributed by atoms with E-state index in [-0.39, 0.29) is 68.4 Å². The van der Waals surface area contributed by atoms with Gasteiger partial charge in [-0.15, -0.1) is 5.11 Å². The van der Waals surface area contributed by atoms with Gasteiger partial charge >= 0.3 is 29.6 Å². The van der Waals surface area contributed by atoms with Gasteiger partial charge in [-0.25, -0.2) is 0 Å². The number of fused-ring (bicyclic) bond motifs is 1. The van der Waals surface area contributed by atoms with Crippen molar-refractivity contribution in [2.24, 2.45) is 10.2 Å². The van der Waals surface area contributed by atoms with E-state index in [1.165, 1.54) is 31.4 Å². The quantitative estimate of drug-likeness (QED) is 0.189. The van der Waals surface area contributed by atoms with Crippen LogP contribution in [0, 0.1) is 0 Å². The standard InChI is InChI=1S/C26H21Cl2N3O6S.Na/c1-3-18-22(38(34,35)36)9-8-21(28)23(18)30-31-24-19-7-5-4-6-14(19)10-20(25(24)32)26(33)29-16-11-15(27)12-17(13-16)37-2;/h4-13,32H,3H2,1-2H3,(H,29,33)(H,34,35,36);/q;+1/p-1. The number of carbonyl (C=O) groups is 1. The van der Waals surface area contributed by atoms with Gasteiger partial charge in [0.15, 0.2) is 0 Å². The van der Waals surface area contributed by atoms with Gasteiger partial charge in [0.2, 0.25) is 0 Å². The van der Waals surface area contributed by atoms with Gasteiger partial charge in [0.05, 0.1) is 22.7 Å². The second-order valence-corrected chi connectivity index (χ2v) is 10.3. The third-order valence-electron chi connectivity index (χ3n) is 5.66. The number of carbonyl (C=O) groups excluding carboxylic acids is 1. The predicted octanol–water partition coefficient (Wildman–Crippen LogP) is 3.71. The molecule has 0 saturated carbocycles. The van der Waals surface area contributed by atoms with Gasteiger partial charge in [-0.2, -0.15) is 13.5 Å². The van der Waals surface area contributed by atoms with Crippen LogP contribution >= 0.6 is 23.2 Å². The first-order chi connectivity index (χ1) is 18.0. The molecule has 0 saturated heterocycles. The van der Waals surface area contributed by atoms with Gasteiger partial charge in [-0.3, -0.25) is 9.35 Å². The zero-order valence-corrected chi connectivity index (χ0v) is 25.4. The first kappa shape index (κ1) is 30.8. The number of nitrogens with zero attached hydrogens (tertiary/aromatic N) is 2. The fraction of sp³-hybridized carbons (Fsp3) is 0.115. The summed E-state index contributed by atoms with van der Waals surface area (Å²) in [5.41, 5.74) is 0.0758. The van der Waals surface area contributed by atoms with Crippen molar-refractivity contribution in [3.05, 3.63) is 81.8 Å². The van der Waals surface area contributed by atoms with Crippen LogP contribution in [-0.4, -0.2) is 26.0 Å². The van der Waals surface area contributed by atoms with Gasteiger partial charge < -0.3 is 15.2 Å². The smallest absolute Gasteiger partial charge is 0.870 e. The van der Waals surface area contributed by atoms with Gasteiger partial charge in [-0.1, -0.05) is 60.1 Å². The average molecular weight is 596 g/mol. The first-order valence-electron chi connectivity index (χ1n) is 11.1. The minimum absolute atomic E-state index is 0. The fourth-order valence-corrected chi connectivity index (χ4v) is 5.14. The Morgan fingerprint density at radius 3 is 2.41 bits per heavy atom. The molecule has 0 spiro atoms. The number of methoxy groups -OCH3 is 1. The number of ether oxygens (including phenoxy) is 1. The second kappa shape index (κ2) is 12.6. The maximum atomic E-state index is 13.5. The molecule has 0 heterocycles. The zero-order chi connectivity index (χ0) is 27.6. The molecular formula is C26H20Cl2N3NaO6S. The van der Waals surface area contributed by atoms with E-state index in [1.54, 1.807) is 43.3 Å². The Morgan fingerprint density at radius 1 is 1.05 bits per heavy atom. The van der Waals surface area contributed by atoms with Crippen LogP contribution < -0.4 is 44.7 Å². The Hall–Kier alpha value is -2.70. The van der Waals surface area contributed by atoms with E-state index in [9.17, 15) is 22.9 Å². The van der Waals surface area contributed by atoms with Crippen molar-refractivity contribution in [1.29, 1.82) is 0 Å². The number of azo groups is 1. The van der Waals surface area contributed by atoms with Crippen LogP contribution in [0.25, 0.3) is 10.8 Å². The van der Waals surface area contributed by atoms with E-state index in [0.717, 1.165) is 0 Å². The summed E-state index contributed by atoms with van der Waals surface area (Å²) in [6, 6.07) is 15.3. The van der Waals surface area contributed by atoms with Crippen LogP contribution in [0.5, 0.6) is 11.5 Å². The molecule has 0 aromatic heterocycles. The number of anilines is 1. The molecule has 9 nitrogen and oxygen atoms in total. The summed E-state index contributed by atoms with van der Waals surface area (Å²) in [5.74, 6) is -1.000. The number of hydrogen-bond donors (Lipinski definition) is 2. The van der Waals surface area contributed by atoms with Crippen molar-refractivity contribution < 1.29 is 57.2 Å². The fourth-order valence-electron chi connectivity index (χ4n) is 3.91. The molecule has 0 radical (unpaired) electrons. The summed E-state index contributed by atoms with van der Waals surface area (Å²) in [6.45, 7) is 1.66. The van der Waals surface area contributed by atoms with E-state index in [1.807, 2.05) is 0 Å². The number of hydrogen-bond acceptors (Lipinski definition) is 7. The molecule has 13 heteroatoms. The SMILES string of the molecule is CCc1c(S(=O)(=O)O)ccc(Cl)c1N=Nc1c([O-])c(C(=O)Nc2cc(Cl)cc(OC)c2)cc2ccccc12.[Na+]. The van der Waals surface area contributed by atoms with Crippen LogP contribution in [-0.2, 0) is 16.5 Å². The molecule has 196 valence electrons. The first-order valence-corrected chi connectivity index (χ1v) is 13.3. The minimum Gasteiger partial charge on any atom is -0.870 e. The Balaban J connectivity index is 0.00000420. The second-order valence-electron chi connectivity index (χ2n) is 8.06. The van der Waals surface area contributed by atoms with Crippen LogP contribution in [0.15, 0.2) is 75.8 Å². The minimum atomic E-state index is -4.56. The Morgan fingerprint density at radius 2 is 1.74 bits per heavy atom. The Labute approximate surface area is 256 Å². The number of amides is 1. The summed E-state index contributed by atoms with van der Waals surface area (Å²) >= 11 is 12.4. The van der Waals surface area contributed by atoms with Crippen LogP contribution in [0.1, 0.15) is 22.8 Å². The van der Waals surface area contributed by atoms with Gasteiger partial charge in [-0.05, 0) is 42.1 Å². The third-order valence-corrected chi connectivity index (χ3v) is 7.12. The van der Waals surface area contributed by atoms with Crippen molar-refractivity contribution in [2.75, 3.05) is 12.4 Å². The van der Waals surface area contributed by atoms with Crippen molar-refractivity contribution in [3.63, 3.8) is 0 Å². The summed E-state index contributed by atoms with van der Waals surface area (Å²) in [6.07, 6.45) is 0.153. The van der Waals surface area contributed by atoms with Gasteiger partial charge in [0, 0.05) is 33.3 Å². The Bertz CT molecular complexity index is 1710. The summed E-state index contributed by atoms with van der Waals surface area (Å²) < 4.78 is 38.4. The van der Waals surface area contributed by atoms with Crippen LogP contribution in [0.2, 0.25) is 10.0 Å². The molecule has 4 aromatic carbocycles. The topological polar surface area (TPSA) is 140 Å². The molecule has 4 aromatic rings. The van der Waals surface area contributed by atoms with E-state index in [0.29, 0.717) is 27.2 Å². The maximum Gasteiger partial charge on any atom is 1.00 e. The molecular weight excluding hydrogens is 576 g/mol. The van der Waals surface area contributed by atoms with Crippen LogP contribution in [0.4, 0.5) is 17.1 Å². The van der Waals surface area contributed by atoms with E-state index >= 15 is 0 Å². The summed E-state index contributed by atoms with van der Waals surface area (Å²) in [5, 5.41) is 25.7. The Kier molecular flexibility index (Phi) is 10.0. The van der Waals surface area contributed by atoms with Crippen molar-refractivity contribution in [3.8, 4) is 11.5 Å². The van der Waals surface area contributed by atoms with Crippen LogP contribution in [0.3, 0.4) is 0 Å². The van der Waals surface area contributed by atoms with Crippen molar-refractivity contribution in [1.82, 2.24) is 0 Å². The predicted molar refractivity (Wildman–Crippen MR) is 144 cm³/mol. The number of rotatable bonds is 7. The third kappa shape index (κ3) is 6.72. The van der Waals surface area contributed by atoms with E-state index in [2.05, 4.69) is 15.5 Å². The average Bonchev–Trinajstić information content (AvgIpc) is 2.87. The number of halogens is 2. The molecule has 0 aliphatic rings. The van der Waals surface area contributed by atoms with Gasteiger partial charge in [0.25, 0.3) is 16.0 Å². The molecule has 0 unspecified atom stereocenters. The molecule has 0 bridgehead atoms. The molecule has 1 amide bonds. The van der Waals surface area contributed by atoms with Crippen molar-refractivity contribution in [2.45, 2.75) is 18.2 Å². The van der Waals surface area contributed by atoms with E-state index in [4.69, 9.17) is 27.9 Å². The summed E-state index contributed by atoms with van der Waals surface area (Å²) in [7, 11) is -3.11. The molecule has 2 N–H and O–H groups in total. The van der Waals surface area contributed by atoms with Crippen molar-refractivity contribution >= 4 is 67.1 Å². The molecule has 4 rings (SSSR count). The maximum absolute atomic E-state index is 13.5. The summed E-state index contributed by atoms with van der Waals surface area (Å²) in [4.78, 5) is 12.8. The number of nitrogens with one attached hydrogen (secondary N) is 1. The van der Waals surface area contributed by atoms with E-state index < -0.39 is 21.8 Å². The molecule has 0 atom stereocenters. The largest absolute Gasteiger partial charge is 1.00 e. The molecule has 39 heavy (non-hydrogen) atoms. The number of benzene rings is 4. The molecule has 0 aliphatic heterocycles.